The highest BCUT2D eigenvalue weighted by Gasteiger charge is 2.13. The summed E-state index contributed by atoms with van der Waals surface area (Å²) in [6.07, 6.45) is 0. The standard InChI is InChI=1S/C10H15N3O2/c1-3-13(10(11)15)8-5-4-7(12-2)6-9(8)14/h4-6,12,14H,3H2,1-2H3,(H2,11,15). The maximum atomic E-state index is 11.1. The highest BCUT2D eigenvalue weighted by molar-refractivity contribution is 5.92. The Kier molecular flexibility index (Phi) is 3.38. The van der Waals surface area contributed by atoms with E-state index in [-0.39, 0.29) is 5.75 Å². The van der Waals surface area contributed by atoms with Gasteiger partial charge in [0, 0.05) is 25.3 Å². The van der Waals surface area contributed by atoms with Crippen LogP contribution in [0.4, 0.5) is 16.2 Å². The lowest BCUT2D eigenvalue weighted by Crippen LogP contribution is -2.35. The molecule has 0 bridgehead atoms. The van der Waals surface area contributed by atoms with Crippen molar-refractivity contribution in [1.29, 1.82) is 0 Å². The van der Waals surface area contributed by atoms with Gasteiger partial charge < -0.3 is 16.2 Å². The first kappa shape index (κ1) is 11.2. The summed E-state index contributed by atoms with van der Waals surface area (Å²) in [4.78, 5) is 12.4. The molecule has 0 unspecified atom stereocenters. The maximum Gasteiger partial charge on any atom is 0.319 e. The number of amides is 2. The molecule has 2 amide bonds. The van der Waals surface area contributed by atoms with Gasteiger partial charge in [-0.25, -0.2) is 4.79 Å². The van der Waals surface area contributed by atoms with Crippen LogP contribution in [-0.4, -0.2) is 24.7 Å². The van der Waals surface area contributed by atoms with Crippen LogP contribution in [0.25, 0.3) is 0 Å². The number of primary amides is 1. The minimum atomic E-state index is -0.579. The van der Waals surface area contributed by atoms with E-state index in [4.69, 9.17) is 5.73 Å². The number of hydrogen-bond acceptors (Lipinski definition) is 3. The van der Waals surface area contributed by atoms with Crippen LogP contribution in [0, 0.1) is 0 Å². The Morgan fingerprint density at radius 2 is 2.27 bits per heavy atom. The number of carbonyl (C=O) groups is 1. The predicted molar refractivity (Wildman–Crippen MR) is 60.3 cm³/mol. The zero-order valence-electron chi connectivity index (χ0n) is 8.82. The minimum Gasteiger partial charge on any atom is -0.506 e. The molecule has 1 rings (SSSR count). The third-order valence-electron chi connectivity index (χ3n) is 2.14. The molecule has 82 valence electrons. The largest absolute Gasteiger partial charge is 0.506 e. The van der Waals surface area contributed by atoms with Crippen LogP contribution < -0.4 is 16.0 Å². The molecule has 0 aliphatic rings. The Bertz CT molecular complexity index is 366. The lowest BCUT2D eigenvalue weighted by atomic mass is 10.2. The van der Waals surface area contributed by atoms with Gasteiger partial charge in [0.2, 0.25) is 0 Å². The summed E-state index contributed by atoms with van der Waals surface area (Å²) in [6, 6.07) is 4.38. The molecule has 0 spiro atoms. The fraction of sp³-hybridized carbons (Fsp3) is 0.300. The number of aromatic hydroxyl groups is 1. The maximum absolute atomic E-state index is 11.1. The summed E-state index contributed by atoms with van der Waals surface area (Å²) in [5, 5.41) is 12.6. The Balaban J connectivity index is 3.08. The van der Waals surface area contributed by atoms with Crippen LogP contribution in [0.5, 0.6) is 5.75 Å². The van der Waals surface area contributed by atoms with E-state index in [9.17, 15) is 9.90 Å². The molecule has 0 radical (unpaired) electrons. The third-order valence-corrected chi connectivity index (χ3v) is 2.14. The van der Waals surface area contributed by atoms with Gasteiger partial charge in [0.25, 0.3) is 0 Å². The monoisotopic (exact) mass is 209 g/mol. The van der Waals surface area contributed by atoms with Crippen molar-refractivity contribution >= 4 is 17.4 Å². The number of phenolic OH excluding ortho intramolecular Hbond substituents is 1. The second-order valence-corrected chi connectivity index (χ2v) is 3.04. The van der Waals surface area contributed by atoms with E-state index in [0.29, 0.717) is 12.2 Å². The van der Waals surface area contributed by atoms with E-state index in [0.717, 1.165) is 5.69 Å². The number of hydrogen-bond donors (Lipinski definition) is 3. The number of rotatable bonds is 3. The first-order chi connectivity index (χ1) is 7.10. The van der Waals surface area contributed by atoms with Crippen LogP contribution in [-0.2, 0) is 0 Å². The van der Waals surface area contributed by atoms with Gasteiger partial charge in [0.05, 0.1) is 5.69 Å². The topological polar surface area (TPSA) is 78.6 Å². The molecule has 0 fully saturated rings. The molecule has 15 heavy (non-hydrogen) atoms. The fourth-order valence-corrected chi connectivity index (χ4v) is 1.35. The minimum absolute atomic E-state index is 0.0301. The van der Waals surface area contributed by atoms with E-state index in [2.05, 4.69) is 5.32 Å². The van der Waals surface area contributed by atoms with Crippen molar-refractivity contribution in [3.63, 3.8) is 0 Å². The molecule has 4 N–H and O–H groups in total. The Labute approximate surface area is 88.5 Å². The molecular weight excluding hydrogens is 194 g/mol. The molecule has 0 heterocycles. The van der Waals surface area contributed by atoms with Crippen LogP contribution in [0.3, 0.4) is 0 Å². The number of carbonyl (C=O) groups excluding carboxylic acids is 1. The van der Waals surface area contributed by atoms with Crippen molar-refractivity contribution in [2.24, 2.45) is 5.73 Å². The summed E-state index contributed by atoms with van der Waals surface area (Å²) in [5.74, 6) is 0.0301. The molecule has 1 aromatic carbocycles. The number of nitrogens with two attached hydrogens (primary N) is 1. The van der Waals surface area contributed by atoms with Crippen molar-refractivity contribution < 1.29 is 9.90 Å². The Hall–Kier alpha value is -1.91. The molecule has 0 saturated carbocycles. The zero-order valence-corrected chi connectivity index (χ0v) is 8.82. The van der Waals surface area contributed by atoms with Gasteiger partial charge in [0.15, 0.2) is 0 Å². The van der Waals surface area contributed by atoms with E-state index >= 15 is 0 Å². The highest BCUT2D eigenvalue weighted by atomic mass is 16.3. The molecule has 5 nitrogen and oxygen atoms in total. The average molecular weight is 209 g/mol. The van der Waals surface area contributed by atoms with Crippen molar-refractivity contribution in [3.8, 4) is 5.75 Å². The van der Waals surface area contributed by atoms with Crippen LogP contribution in [0.1, 0.15) is 6.92 Å². The van der Waals surface area contributed by atoms with Crippen molar-refractivity contribution in [2.45, 2.75) is 6.92 Å². The number of anilines is 2. The van der Waals surface area contributed by atoms with Gasteiger partial charge in [-0.05, 0) is 19.1 Å². The van der Waals surface area contributed by atoms with Crippen molar-refractivity contribution in [1.82, 2.24) is 0 Å². The van der Waals surface area contributed by atoms with Crippen molar-refractivity contribution in [3.05, 3.63) is 18.2 Å². The second-order valence-electron chi connectivity index (χ2n) is 3.04. The van der Waals surface area contributed by atoms with E-state index < -0.39 is 6.03 Å². The number of benzene rings is 1. The molecule has 0 aliphatic heterocycles. The Morgan fingerprint density at radius 3 is 2.67 bits per heavy atom. The quantitative estimate of drug-likeness (QED) is 0.702. The van der Waals surface area contributed by atoms with E-state index in [1.54, 1.807) is 32.2 Å². The van der Waals surface area contributed by atoms with E-state index in [1.165, 1.54) is 4.90 Å². The highest BCUT2D eigenvalue weighted by Crippen LogP contribution is 2.29. The molecule has 0 atom stereocenters. The summed E-state index contributed by atoms with van der Waals surface area (Å²) in [7, 11) is 1.75. The van der Waals surface area contributed by atoms with Crippen LogP contribution in [0.15, 0.2) is 18.2 Å². The molecule has 0 aromatic heterocycles. The SMILES string of the molecule is CCN(C(N)=O)c1ccc(NC)cc1O. The van der Waals surface area contributed by atoms with Crippen LogP contribution >= 0.6 is 0 Å². The molecule has 0 aliphatic carbocycles. The van der Waals surface area contributed by atoms with Gasteiger partial charge >= 0.3 is 6.03 Å². The number of nitrogens with zero attached hydrogens (tertiary/aromatic N) is 1. The third kappa shape index (κ3) is 2.31. The first-order valence-corrected chi connectivity index (χ1v) is 4.67. The summed E-state index contributed by atoms with van der Waals surface area (Å²) >= 11 is 0. The average Bonchev–Trinajstić information content (AvgIpc) is 2.20. The predicted octanol–water partition coefficient (Wildman–Crippen LogP) is 1.34. The second kappa shape index (κ2) is 4.54. The lowest BCUT2D eigenvalue weighted by Gasteiger charge is -2.19. The first-order valence-electron chi connectivity index (χ1n) is 4.67. The van der Waals surface area contributed by atoms with Gasteiger partial charge in [-0.2, -0.15) is 0 Å². The fourth-order valence-electron chi connectivity index (χ4n) is 1.35. The molecule has 0 saturated heterocycles. The summed E-state index contributed by atoms with van der Waals surface area (Å²) in [6.45, 7) is 2.21. The van der Waals surface area contributed by atoms with Gasteiger partial charge in [-0.15, -0.1) is 0 Å². The summed E-state index contributed by atoms with van der Waals surface area (Å²) in [5.41, 5.74) is 6.37. The van der Waals surface area contributed by atoms with E-state index in [1.807, 2.05) is 0 Å². The van der Waals surface area contributed by atoms with Gasteiger partial charge in [-0.1, -0.05) is 0 Å². The van der Waals surface area contributed by atoms with Crippen molar-refractivity contribution in [2.75, 3.05) is 23.8 Å². The van der Waals surface area contributed by atoms with Gasteiger partial charge in [0.1, 0.15) is 5.75 Å². The lowest BCUT2D eigenvalue weighted by molar-refractivity contribution is 0.254. The molecule has 5 heteroatoms. The number of nitrogens with one attached hydrogen (secondary N) is 1. The summed E-state index contributed by atoms with van der Waals surface area (Å²) < 4.78 is 0. The number of urea groups is 1. The van der Waals surface area contributed by atoms with Gasteiger partial charge in [-0.3, -0.25) is 4.90 Å². The molecular formula is C10H15N3O2. The zero-order chi connectivity index (χ0) is 11.4. The normalized spacial score (nSPS) is 9.73. The molecule has 1 aromatic rings. The van der Waals surface area contributed by atoms with Crippen LogP contribution in [0.2, 0.25) is 0 Å². The Morgan fingerprint density at radius 1 is 1.60 bits per heavy atom. The smallest absolute Gasteiger partial charge is 0.319 e. The number of phenols is 1.